The van der Waals surface area contributed by atoms with E-state index in [4.69, 9.17) is 5.11 Å². The normalized spacial score (nSPS) is 13.1. The quantitative estimate of drug-likeness (QED) is 0.734. The molecular weight excluding hydrogens is 311 g/mol. The highest BCUT2D eigenvalue weighted by molar-refractivity contribution is 7.89. The highest BCUT2D eigenvalue weighted by Crippen LogP contribution is 2.15. The van der Waals surface area contributed by atoms with Crippen LogP contribution in [0.25, 0.3) is 0 Å². The van der Waals surface area contributed by atoms with Crippen molar-refractivity contribution < 1.29 is 22.7 Å². The zero-order valence-electron chi connectivity index (χ0n) is 12.6. The molecule has 0 fully saturated rings. The number of halogens is 1. The Morgan fingerprint density at radius 3 is 2.50 bits per heavy atom. The standard InChI is InChI=1S/C14H21FN2O4S/c1-11(18)10-16-14(19)4-3-9-17(2)22(20,21)13-7-5-12(15)6-8-13/h5-8,11,18H,3-4,9-10H2,1-2H3,(H,16,19). The molecule has 124 valence electrons. The van der Waals surface area contributed by atoms with Crippen LogP contribution in [0, 0.1) is 5.82 Å². The van der Waals surface area contributed by atoms with Gasteiger partial charge < -0.3 is 10.4 Å². The number of hydrogen-bond acceptors (Lipinski definition) is 4. The van der Waals surface area contributed by atoms with Crippen LogP contribution in [0.5, 0.6) is 0 Å². The zero-order chi connectivity index (χ0) is 16.8. The molecule has 0 saturated heterocycles. The SMILES string of the molecule is CC(O)CNC(=O)CCCN(C)S(=O)(=O)c1ccc(F)cc1. The number of sulfonamides is 1. The fraction of sp³-hybridized carbons (Fsp3) is 0.500. The van der Waals surface area contributed by atoms with Crippen LogP contribution in [0.4, 0.5) is 4.39 Å². The lowest BCUT2D eigenvalue weighted by Crippen LogP contribution is -2.32. The summed E-state index contributed by atoms with van der Waals surface area (Å²) in [5.41, 5.74) is 0. The van der Waals surface area contributed by atoms with Crippen LogP contribution in [0.2, 0.25) is 0 Å². The number of nitrogens with one attached hydrogen (secondary N) is 1. The topological polar surface area (TPSA) is 86.7 Å². The first-order valence-corrected chi connectivity index (χ1v) is 8.34. The van der Waals surface area contributed by atoms with E-state index in [1.165, 1.54) is 19.2 Å². The Morgan fingerprint density at radius 1 is 1.36 bits per heavy atom. The molecule has 0 aliphatic heterocycles. The van der Waals surface area contributed by atoms with Gasteiger partial charge in [0.05, 0.1) is 11.0 Å². The van der Waals surface area contributed by atoms with Gasteiger partial charge in [-0.3, -0.25) is 4.79 Å². The predicted octanol–water partition coefficient (Wildman–Crippen LogP) is 0.723. The molecule has 8 heteroatoms. The molecule has 1 unspecified atom stereocenters. The highest BCUT2D eigenvalue weighted by Gasteiger charge is 2.20. The molecule has 0 aliphatic rings. The summed E-state index contributed by atoms with van der Waals surface area (Å²) < 4.78 is 38.4. The second-order valence-corrected chi connectivity index (χ2v) is 7.08. The number of carbonyl (C=O) groups is 1. The van der Waals surface area contributed by atoms with Crippen molar-refractivity contribution in [3.8, 4) is 0 Å². The fourth-order valence-corrected chi connectivity index (χ4v) is 2.93. The maximum Gasteiger partial charge on any atom is 0.242 e. The third kappa shape index (κ3) is 5.70. The maximum atomic E-state index is 12.8. The van der Waals surface area contributed by atoms with Crippen LogP contribution in [0.3, 0.4) is 0 Å². The number of hydrogen-bond donors (Lipinski definition) is 2. The number of nitrogens with zero attached hydrogens (tertiary/aromatic N) is 1. The molecule has 0 radical (unpaired) electrons. The van der Waals surface area contributed by atoms with Gasteiger partial charge in [0.15, 0.2) is 0 Å². The second kappa shape index (κ2) is 8.21. The molecule has 0 aliphatic carbocycles. The van der Waals surface area contributed by atoms with E-state index in [2.05, 4.69) is 5.32 Å². The van der Waals surface area contributed by atoms with Gasteiger partial charge in [0, 0.05) is 26.6 Å². The Hall–Kier alpha value is -1.51. The number of carbonyl (C=O) groups excluding carboxylic acids is 1. The monoisotopic (exact) mass is 332 g/mol. The molecule has 0 heterocycles. The molecule has 0 bridgehead atoms. The Labute approximate surface area is 130 Å². The van der Waals surface area contributed by atoms with Gasteiger partial charge in [-0.2, -0.15) is 0 Å². The molecular formula is C14H21FN2O4S. The van der Waals surface area contributed by atoms with E-state index < -0.39 is 21.9 Å². The minimum absolute atomic E-state index is 0.00922. The molecule has 1 aromatic carbocycles. The van der Waals surface area contributed by atoms with Crippen LogP contribution in [-0.2, 0) is 14.8 Å². The molecule has 2 N–H and O–H groups in total. The highest BCUT2D eigenvalue weighted by atomic mass is 32.2. The molecule has 1 rings (SSSR count). The predicted molar refractivity (Wildman–Crippen MR) is 80.1 cm³/mol. The van der Waals surface area contributed by atoms with E-state index in [0.29, 0.717) is 6.42 Å². The number of benzene rings is 1. The summed E-state index contributed by atoms with van der Waals surface area (Å²) in [7, 11) is -2.28. The largest absolute Gasteiger partial charge is 0.392 e. The van der Waals surface area contributed by atoms with Crippen LogP contribution in [0.15, 0.2) is 29.2 Å². The minimum atomic E-state index is -3.68. The summed E-state index contributed by atoms with van der Waals surface area (Å²) in [6, 6.07) is 4.58. The minimum Gasteiger partial charge on any atom is -0.392 e. The van der Waals surface area contributed by atoms with Gasteiger partial charge in [0.2, 0.25) is 15.9 Å². The molecule has 22 heavy (non-hydrogen) atoms. The van der Waals surface area contributed by atoms with Crippen molar-refractivity contribution in [2.75, 3.05) is 20.1 Å². The molecule has 6 nitrogen and oxygen atoms in total. The lowest BCUT2D eigenvalue weighted by molar-refractivity contribution is -0.121. The lowest BCUT2D eigenvalue weighted by atomic mass is 10.3. The van der Waals surface area contributed by atoms with Crippen molar-refractivity contribution in [3.63, 3.8) is 0 Å². The van der Waals surface area contributed by atoms with Crippen molar-refractivity contribution in [1.82, 2.24) is 9.62 Å². The first-order chi connectivity index (χ1) is 10.2. The van der Waals surface area contributed by atoms with E-state index in [-0.39, 0.29) is 30.3 Å². The first kappa shape index (κ1) is 18.5. The van der Waals surface area contributed by atoms with E-state index in [1.54, 1.807) is 6.92 Å². The van der Waals surface area contributed by atoms with Crippen LogP contribution in [0.1, 0.15) is 19.8 Å². The Bertz CT molecular complexity index is 587. The van der Waals surface area contributed by atoms with Gasteiger partial charge in [-0.25, -0.2) is 17.1 Å². The molecule has 0 spiro atoms. The first-order valence-electron chi connectivity index (χ1n) is 6.90. The molecule has 0 saturated carbocycles. The smallest absolute Gasteiger partial charge is 0.242 e. The van der Waals surface area contributed by atoms with E-state index in [9.17, 15) is 17.6 Å². The van der Waals surface area contributed by atoms with Crippen molar-refractivity contribution in [2.24, 2.45) is 0 Å². The number of rotatable bonds is 8. The van der Waals surface area contributed by atoms with Crippen molar-refractivity contribution in [1.29, 1.82) is 0 Å². The summed E-state index contributed by atoms with van der Waals surface area (Å²) in [5.74, 6) is -0.745. The lowest BCUT2D eigenvalue weighted by Gasteiger charge is -2.17. The van der Waals surface area contributed by atoms with Crippen molar-refractivity contribution in [2.45, 2.75) is 30.8 Å². The molecule has 0 aromatic heterocycles. The van der Waals surface area contributed by atoms with E-state index in [1.807, 2.05) is 0 Å². The van der Waals surface area contributed by atoms with Gasteiger partial charge in [0.1, 0.15) is 5.82 Å². The Morgan fingerprint density at radius 2 is 1.95 bits per heavy atom. The van der Waals surface area contributed by atoms with Crippen LogP contribution in [-0.4, -0.2) is 50.0 Å². The number of amides is 1. The molecule has 1 atom stereocenters. The summed E-state index contributed by atoms with van der Waals surface area (Å²) in [5, 5.41) is 11.6. The van der Waals surface area contributed by atoms with E-state index in [0.717, 1.165) is 16.4 Å². The molecule has 1 aromatic rings. The Kier molecular flexibility index (Phi) is 6.92. The third-order valence-electron chi connectivity index (χ3n) is 2.99. The average Bonchev–Trinajstić information content (AvgIpc) is 2.45. The number of aliphatic hydroxyl groups is 1. The van der Waals surface area contributed by atoms with Crippen LogP contribution >= 0.6 is 0 Å². The van der Waals surface area contributed by atoms with Gasteiger partial charge in [0.25, 0.3) is 0 Å². The number of aliphatic hydroxyl groups excluding tert-OH is 1. The van der Waals surface area contributed by atoms with Crippen molar-refractivity contribution in [3.05, 3.63) is 30.1 Å². The van der Waals surface area contributed by atoms with Gasteiger partial charge in [-0.1, -0.05) is 0 Å². The second-order valence-electron chi connectivity index (χ2n) is 5.04. The fourth-order valence-electron chi connectivity index (χ4n) is 1.72. The van der Waals surface area contributed by atoms with Crippen molar-refractivity contribution >= 4 is 15.9 Å². The Balaban J connectivity index is 2.49. The van der Waals surface area contributed by atoms with Gasteiger partial charge in [-0.15, -0.1) is 0 Å². The molecule has 1 amide bonds. The summed E-state index contributed by atoms with van der Waals surface area (Å²) in [4.78, 5) is 11.5. The van der Waals surface area contributed by atoms with Gasteiger partial charge >= 0.3 is 0 Å². The van der Waals surface area contributed by atoms with E-state index >= 15 is 0 Å². The zero-order valence-corrected chi connectivity index (χ0v) is 13.4. The summed E-state index contributed by atoms with van der Waals surface area (Å²) in [6.45, 7) is 1.90. The summed E-state index contributed by atoms with van der Waals surface area (Å²) in [6.07, 6.45) is -0.107. The maximum absolute atomic E-state index is 12.8. The van der Waals surface area contributed by atoms with Gasteiger partial charge in [-0.05, 0) is 37.6 Å². The summed E-state index contributed by atoms with van der Waals surface area (Å²) >= 11 is 0. The average molecular weight is 332 g/mol. The third-order valence-corrected chi connectivity index (χ3v) is 4.86. The van der Waals surface area contributed by atoms with Crippen LogP contribution < -0.4 is 5.32 Å².